The number of carbonyl (C=O) groups excluding carboxylic acids is 1. The number of aromatic nitrogens is 2. The van der Waals surface area contributed by atoms with Crippen molar-refractivity contribution < 1.29 is 9.32 Å². The summed E-state index contributed by atoms with van der Waals surface area (Å²) in [5, 5.41) is 4.72. The van der Waals surface area contributed by atoms with Gasteiger partial charge in [0.05, 0.1) is 6.54 Å². The number of halogens is 1. The quantitative estimate of drug-likeness (QED) is 0.609. The van der Waals surface area contributed by atoms with Crippen molar-refractivity contribution >= 4 is 23.1 Å². The van der Waals surface area contributed by atoms with Gasteiger partial charge < -0.3 is 9.42 Å². The highest BCUT2D eigenvalue weighted by atomic mass is 35.5. The number of anilines is 1. The van der Waals surface area contributed by atoms with E-state index in [1.54, 1.807) is 6.92 Å². The minimum absolute atomic E-state index is 0.0908. The van der Waals surface area contributed by atoms with Crippen molar-refractivity contribution in [3.8, 4) is 11.4 Å². The molecule has 1 aliphatic rings. The lowest BCUT2D eigenvalue weighted by atomic mass is 10.1. The van der Waals surface area contributed by atoms with Crippen LogP contribution >= 0.6 is 11.6 Å². The van der Waals surface area contributed by atoms with Gasteiger partial charge in [0.25, 0.3) is 0 Å². The van der Waals surface area contributed by atoms with Crippen LogP contribution in [0.5, 0.6) is 0 Å². The summed E-state index contributed by atoms with van der Waals surface area (Å²) in [4.78, 5) is 20.5. The van der Waals surface area contributed by atoms with Gasteiger partial charge in [-0.2, -0.15) is 4.98 Å². The summed E-state index contributed by atoms with van der Waals surface area (Å²) >= 11 is 6.03. The zero-order chi connectivity index (χ0) is 19.5. The molecule has 1 aliphatic heterocycles. The van der Waals surface area contributed by atoms with Gasteiger partial charge in [0.2, 0.25) is 11.7 Å². The molecular weight excluding hydrogens is 376 g/mol. The molecule has 2 aromatic carbocycles. The van der Waals surface area contributed by atoms with Gasteiger partial charge in [0.15, 0.2) is 5.78 Å². The predicted octanol–water partition coefficient (Wildman–Crippen LogP) is 3.91. The highest BCUT2D eigenvalue weighted by Gasteiger charge is 2.20. The minimum atomic E-state index is 0.0908. The molecule has 0 N–H and O–H groups in total. The van der Waals surface area contributed by atoms with Crippen LogP contribution in [0, 0.1) is 0 Å². The fourth-order valence-electron chi connectivity index (χ4n) is 3.33. The van der Waals surface area contributed by atoms with Gasteiger partial charge in [-0.25, -0.2) is 0 Å². The van der Waals surface area contributed by atoms with Crippen LogP contribution in [0.4, 0.5) is 5.69 Å². The highest BCUT2D eigenvalue weighted by molar-refractivity contribution is 6.30. The predicted molar refractivity (Wildman–Crippen MR) is 109 cm³/mol. The molecule has 2 heterocycles. The normalized spacial score (nSPS) is 15.0. The van der Waals surface area contributed by atoms with E-state index in [1.807, 2.05) is 48.5 Å². The highest BCUT2D eigenvalue weighted by Crippen LogP contribution is 2.21. The van der Waals surface area contributed by atoms with Gasteiger partial charge in [-0.3, -0.25) is 9.69 Å². The number of rotatable bonds is 5. The Morgan fingerprint density at radius 3 is 2.54 bits per heavy atom. The monoisotopic (exact) mass is 396 g/mol. The van der Waals surface area contributed by atoms with E-state index in [9.17, 15) is 4.79 Å². The molecule has 0 bridgehead atoms. The van der Waals surface area contributed by atoms with Crippen LogP contribution in [0.2, 0.25) is 5.02 Å². The molecule has 0 atom stereocenters. The van der Waals surface area contributed by atoms with E-state index in [2.05, 4.69) is 19.9 Å². The molecule has 1 saturated heterocycles. The molecule has 0 spiro atoms. The summed E-state index contributed by atoms with van der Waals surface area (Å²) in [6.45, 7) is 5.85. The van der Waals surface area contributed by atoms with Gasteiger partial charge in [-0.1, -0.05) is 28.9 Å². The van der Waals surface area contributed by atoms with Gasteiger partial charge in [0.1, 0.15) is 0 Å². The Balaban J connectivity index is 1.34. The fraction of sp³-hybridized carbons (Fsp3) is 0.286. The first-order chi connectivity index (χ1) is 13.6. The maximum Gasteiger partial charge on any atom is 0.241 e. The lowest BCUT2D eigenvalue weighted by Crippen LogP contribution is -2.46. The molecular formula is C21H21ClN4O2. The van der Waals surface area contributed by atoms with Crippen molar-refractivity contribution in [3.63, 3.8) is 0 Å². The standard InChI is InChI=1S/C21H21ClN4O2/c1-15(27)16-5-7-19(8-6-16)26-11-9-25(10-12-26)14-20-23-21(24-28-20)17-3-2-4-18(22)13-17/h2-8,13H,9-12,14H2,1H3. The number of hydrogen-bond donors (Lipinski definition) is 0. The lowest BCUT2D eigenvalue weighted by Gasteiger charge is -2.35. The summed E-state index contributed by atoms with van der Waals surface area (Å²) in [5.74, 6) is 1.25. The average molecular weight is 397 g/mol. The molecule has 0 aliphatic carbocycles. The van der Waals surface area contributed by atoms with Crippen LogP contribution in [0.15, 0.2) is 53.1 Å². The van der Waals surface area contributed by atoms with E-state index < -0.39 is 0 Å². The molecule has 0 unspecified atom stereocenters. The van der Waals surface area contributed by atoms with E-state index in [1.165, 1.54) is 0 Å². The topological polar surface area (TPSA) is 62.5 Å². The Morgan fingerprint density at radius 2 is 1.86 bits per heavy atom. The van der Waals surface area contributed by atoms with Crippen LogP contribution in [-0.4, -0.2) is 47.0 Å². The smallest absolute Gasteiger partial charge is 0.241 e. The third-order valence-corrected chi connectivity index (χ3v) is 5.16. The number of ketones is 1. The fourth-order valence-corrected chi connectivity index (χ4v) is 3.52. The lowest BCUT2D eigenvalue weighted by molar-refractivity contribution is 0.101. The number of hydrogen-bond acceptors (Lipinski definition) is 6. The summed E-state index contributed by atoms with van der Waals surface area (Å²) in [6, 6.07) is 15.2. The third-order valence-electron chi connectivity index (χ3n) is 4.92. The van der Waals surface area contributed by atoms with Crippen molar-refractivity contribution in [2.24, 2.45) is 0 Å². The number of Topliss-reactive ketones (excluding diaryl/α,β-unsaturated/α-hetero) is 1. The summed E-state index contributed by atoms with van der Waals surface area (Å²) in [5.41, 5.74) is 2.74. The maximum absolute atomic E-state index is 11.4. The Morgan fingerprint density at radius 1 is 1.11 bits per heavy atom. The largest absolute Gasteiger partial charge is 0.369 e. The Bertz CT molecular complexity index is 963. The first-order valence-corrected chi connectivity index (χ1v) is 9.63. The molecule has 144 valence electrons. The Labute approximate surface area is 168 Å². The van der Waals surface area contributed by atoms with Crippen LogP contribution in [0.1, 0.15) is 23.2 Å². The molecule has 28 heavy (non-hydrogen) atoms. The van der Waals surface area contributed by atoms with Crippen LogP contribution in [0.3, 0.4) is 0 Å². The molecule has 0 radical (unpaired) electrons. The first-order valence-electron chi connectivity index (χ1n) is 9.25. The molecule has 0 saturated carbocycles. The second-order valence-corrected chi connectivity index (χ2v) is 7.32. The van der Waals surface area contributed by atoms with Gasteiger partial charge >= 0.3 is 0 Å². The number of piperazine rings is 1. The summed E-state index contributed by atoms with van der Waals surface area (Å²) < 4.78 is 5.42. The van der Waals surface area contributed by atoms with E-state index in [-0.39, 0.29) is 5.78 Å². The van der Waals surface area contributed by atoms with Crippen molar-refractivity contribution in [1.82, 2.24) is 15.0 Å². The van der Waals surface area contributed by atoms with E-state index in [4.69, 9.17) is 16.1 Å². The molecule has 4 rings (SSSR count). The van der Waals surface area contributed by atoms with Gasteiger partial charge in [-0.15, -0.1) is 0 Å². The summed E-state index contributed by atoms with van der Waals surface area (Å²) in [7, 11) is 0. The Kier molecular flexibility index (Phi) is 5.41. The SMILES string of the molecule is CC(=O)c1ccc(N2CCN(Cc3nc(-c4cccc(Cl)c4)no3)CC2)cc1. The second kappa shape index (κ2) is 8.12. The van der Waals surface area contributed by atoms with Crippen molar-refractivity contribution in [3.05, 3.63) is 65.0 Å². The number of benzene rings is 2. The van der Waals surface area contributed by atoms with Crippen molar-refractivity contribution in [1.29, 1.82) is 0 Å². The zero-order valence-electron chi connectivity index (χ0n) is 15.6. The molecule has 0 amide bonds. The Hall–Kier alpha value is -2.70. The van der Waals surface area contributed by atoms with E-state index >= 15 is 0 Å². The van der Waals surface area contributed by atoms with Crippen molar-refractivity contribution in [2.75, 3.05) is 31.1 Å². The first kappa shape index (κ1) is 18.7. The molecule has 1 aromatic heterocycles. The second-order valence-electron chi connectivity index (χ2n) is 6.89. The molecule has 7 heteroatoms. The molecule has 6 nitrogen and oxygen atoms in total. The molecule has 1 fully saturated rings. The number of nitrogens with zero attached hydrogens (tertiary/aromatic N) is 4. The average Bonchev–Trinajstić information content (AvgIpc) is 3.17. The molecule has 3 aromatic rings. The maximum atomic E-state index is 11.4. The van der Waals surface area contributed by atoms with Gasteiger partial charge in [-0.05, 0) is 43.3 Å². The summed E-state index contributed by atoms with van der Waals surface area (Å²) in [6.07, 6.45) is 0. The minimum Gasteiger partial charge on any atom is -0.369 e. The number of carbonyl (C=O) groups is 1. The van der Waals surface area contributed by atoms with Crippen LogP contribution < -0.4 is 4.90 Å². The van der Waals surface area contributed by atoms with Crippen LogP contribution in [-0.2, 0) is 6.54 Å². The van der Waals surface area contributed by atoms with Crippen LogP contribution in [0.25, 0.3) is 11.4 Å². The van der Waals surface area contributed by atoms with E-state index in [0.29, 0.717) is 23.3 Å². The van der Waals surface area contributed by atoms with E-state index in [0.717, 1.165) is 43.0 Å². The third kappa shape index (κ3) is 4.24. The van der Waals surface area contributed by atoms with Crippen molar-refractivity contribution in [2.45, 2.75) is 13.5 Å². The zero-order valence-corrected chi connectivity index (χ0v) is 16.4. The van der Waals surface area contributed by atoms with Gasteiger partial charge in [0, 0.05) is 48.0 Å².